The van der Waals surface area contributed by atoms with Crippen molar-refractivity contribution in [3.63, 3.8) is 0 Å². The van der Waals surface area contributed by atoms with Crippen molar-refractivity contribution in [1.82, 2.24) is 0 Å². The maximum atomic E-state index is 11.7. The fraction of sp³-hybridized carbons (Fsp3) is 0.917. The topological polar surface area (TPSA) is 61.5 Å². The van der Waals surface area contributed by atoms with E-state index in [9.17, 15) is 4.79 Å². The molecule has 1 aliphatic rings. The molecule has 4 nitrogen and oxygen atoms in total. The molecular formula is C12H23NO3. The number of nitrogens with two attached hydrogens (primary N) is 1. The third kappa shape index (κ3) is 4.10. The molecule has 0 aromatic rings. The number of hydrogen-bond donors (Lipinski definition) is 1. The van der Waals surface area contributed by atoms with Crippen molar-refractivity contribution in [3.05, 3.63) is 0 Å². The summed E-state index contributed by atoms with van der Waals surface area (Å²) in [5, 5.41) is 0. The second kappa shape index (κ2) is 7.63. The van der Waals surface area contributed by atoms with Crippen molar-refractivity contribution in [2.24, 2.45) is 17.6 Å². The largest absolute Gasteiger partial charge is 0.469 e. The number of unbranched alkanes of at least 4 members (excludes halogenated alkanes) is 1. The van der Waals surface area contributed by atoms with Crippen molar-refractivity contribution in [2.75, 3.05) is 26.9 Å². The molecule has 0 aliphatic carbocycles. The number of methoxy groups -OCH3 is 1. The van der Waals surface area contributed by atoms with Crippen molar-refractivity contribution < 1.29 is 14.3 Å². The van der Waals surface area contributed by atoms with Gasteiger partial charge in [0.15, 0.2) is 0 Å². The van der Waals surface area contributed by atoms with Crippen LogP contribution in [0.2, 0.25) is 0 Å². The van der Waals surface area contributed by atoms with Crippen LogP contribution in [0.1, 0.15) is 32.1 Å². The molecule has 0 spiro atoms. The average Bonchev–Trinajstić information content (AvgIpc) is 2.35. The Hall–Kier alpha value is -0.610. The number of carbonyl (C=O) groups excluding carboxylic acids is 1. The molecule has 4 heteroatoms. The lowest BCUT2D eigenvalue weighted by atomic mass is 9.83. The van der Waals surface area contributed by atoms with Crippen molar-refractivity contribution in [2.45, 2.75) is 32.1 Å². The number of carbonyl (C=O) groups is 1. The third-order valence-corrected chi connectivity index (χ3v) is 3.31. The molecular weight excluding hydrogens is 206 g/mol. The fourth-order valence-electron chi connectivity index (χ4n) is 2.32. The minimum Gasteiger partial charge on any atom is -0.469 e. The van der Waals surface area contributed by atoms with Gasteiger partial charge in [0.1, 0.15) is 0 Å². The average molecular weight is 229 g/mol. The standard InChI is InChI=1S/C12H23NO3/c1-15-12(14)11(4-2-3-7-13)10-5-8-16-9-6-10/h10-11H,2-9,13H2,1H3. The molecule has 1 fully saturated rings. The van der Waals surface area contributed by atoms with Crippen LogP contribution in [0, 0.1) is 11.8 Å². The van der Waals surface area contributed by atoms with E-state index in [4.69, 9.17) is 15.2 Å². The quantitative estimate of drug-likeness (QED) is 0.551. The van der Waals surface area contributed by atoms with Gasteiger partial charge in [-0.15, -0.1) is 0 Å². The van der Waals surface area contributed by atoms with Crippen LogP contribution in [0.25, 0.3) is 0 Å². The van der Waals surface area contributed by atoms with Gasteiger partial charge in [-0.3, -0.25) is 4.79 Å². The lowest BCUT2D eigenvalue weighted by molar-refractivity contribution is -0.149. The summed E-state index contributed by atoms with van der Waals surface area (Å²) in [5.74, 6) is 0.406. The van der Waals surface area contributed by atoms with E-state index >= 15 is 0 Å². The summed E-state index contributed by atoms with van der Waals surface area (Å²) < 4.78 is 10.2. The second-order valence-electron chi connectivity index (χ2n) is 4.36. The molecule has 0 amide bonds. The molecule has 0 aromatic heterocycles. The minimum atomic E-state index is -0.0658. The summed E-state index contributed by atoms with van der Waals surface area (Å²) in [7, 11) is 1.47. The first-order valence-electron chi connectivity index (χ1n) is 6.15. The Labute approximate surface area is 97.5 Å². The lowest BCUT2D eigenvalue weighted by Gasteiger charge is -2.28. The van der Waals surface area contributed by atoms with Gasteiger partial charge < -0.3 is 15.2 Å². The minimum absolute atomic E-state index is 0.0421. The van der Waals surface area contributed by atoms with Gasteiger partial charge in [0, 0.05) is 13.2 Å². The molecule has 1 atom stereocenters. The van der Waals surface area contributed by atoms with E-state index in [1.807, 2.05) is 0 Å². The zero-order valence-corrected chi connectivity index (χ0v) is 10.1. The maximum absolute atomic E-state index is 11.7. The highest BCUT2D eigenvalue weighted by molar-refractivity contribution is 5.72. The fourth-order valence-corrected chi connectivity index (χ4v) is 2.32. The second-order valence-corrected chi connectivity index (χ2v) is 4.36. The van der Waals surface area contributed by atoms with Gasteiger partial charge in [-0.1, -0.05) is 6.42 Å². The van der Waals surface area contributed by atoms with Crippen LogP contribution in [0.5, 0.6) is 0 Å². The summed E-state index contributed by atoms with van der Waals surface area (Å²) in [6.45, 7) is 2.24. The number of rotatable bonds is 6. The predicted octanol–water partition coefficient (Wildman–Crippen LogP) is 1.33. The molecule has 16 heavy (non-hydrogen) atoms. The highest BCUT2D eigenvalue weighted by Crippen LogP contribution is 2.28. The smallest absolute Gasteiger partial charge is 0.308 e. The Morgan fingerprint density at radius 2 is 2.12 bits per heavy atom. The summed E-state index contributed by atoms with van der Waals surface area (Å²) in [5.41, 5.74) is 5.47. The van der Waals surface area contributed by atoms with Gasteiger partial charge >= 0.3 is 5.97 Å². The Bertz CT molecular complexity index is 202. The molecule has 0 saturated carbocycles. The van der Waals surface area contributed by atoms with E-state index in [0.29, 0.717) is 12.5 Å². The first kappa shape index (κ1) is 13.5. The molecule has 94 valence electrons. The van der Waals surface area contributed by atoms with E-state index in [1.165, 1.54) is 7.11 Å². The van der Waals surface area contributed by atoms with Crippen LogP contribution in [-0.4, -0.2) is 32.8 Å². The first-order valence-corrected chi connectivity index (χ1v) is 6.15. The molecule has 0 radical (unpaired) electrons. The molecule has 1 rings (SSSR count). The van der Waals surface area contributed by atoms with E-state index in [0.717, 1.165) is 45.3 Å². The van der Waals surface area contributed by atoms with Crippen LogP contribution in [-0.2, 0) is 14.3 Å². The first-order chi connectivity index (χ1) is 7.79. The van der Waals surface area contributed by atoms with Crippen LogP contribution in [0.4, 0.5) is 0 Å². The number of esters is 1. The Morgan fingerprint density at radius 1 is 1.44 bits per heavy atom. The molecule has 2 N–H and O–H groups in total. The van der Waals surface area contributed by atoms with Gasteiger partial charge in [0.25, 0.3) is 0 Å². The van der Waals surface area contributed by atoms with Crippen molar-refractivity contribution in [1.29, 1.82) is 0 Å². The summed E-state index contributed by atoms with van der Waals surface area (Å²) >= 11 is 0. The normalized spacial score (nSPS) is 19.4. The van der Waals surface area contributed by atoms with Crippen LogP contribution >= 0.6 is 0 Å². The van der Waals surface area contributed by atoms with Gasteiger partial charge in [-0.05, 0) is 38.1 Å². The maximum Gasteiger partial charge on any atom is 0.308 e. The SMILES string of the molecule is COC(=O)C(CCCCN)C1CCOCC1. The Kier molecular flexibility index (Phi) is 6.42. The zero-order valence-electron chi connectivity index (χ0n) is 10.1. The van der Waals surface area contributed by atoms with E-state index in [2.05, 4.69) is 0 Å². The van der Waals surface area contributed by atoms with Gasteiger partial charge in [-0.2, -0.15) is 0 Å². The van der Waals surface area contributed by atoms with Gasteiger partial charge in [0.2, 0.25) is 0 Å². The molecule has 1 heterocycles. The third-order valence-electron chi connectivity index (χ3n) is 3.31. The van der Waals surface area contributed by atoms with Crippen LogP contribution < -0.4 is 5.73 Å². The summed E-state index contributed by atoms with van der Waals surface area (Å²) in [4.78, 5) is 11.7. The van der Waals surface area contributed by atoms with Gasteiger partial charge in [-0.25, -0.2) is 0 Å². The zero-order chi connectivity index (χ0) is 11.8. The van der Waals surface area contributed by atoms with Crippen LogP contribution in [0.15, 0.2) is 0 Å². The molecule has 1 unspecified atom stereocenters. The molecule has 1 aliphatic heterocycles. The summed E-state index contributed by atoms with van der Waals surface area (Å²) in [6.07, 6.45) is 4.84. The van der Waals surface area contributed by atoms with Gasteiger partial charge in [0.05, 0.1) is 13.0 Å². The number of ether oxygens (including phenoxy) is 2. The van der Waals surface area contributed by atoms with E-state index < -0.39 is 0 Å². The van der Waals surface area contributed by atoms with Crippen molar-refractivity contribution >= 4 is 5.97 Å². The monoisotopic (exact) mass is 229 g/mol. The predicted molar refractivity (Wildman–Crippen MR) is 62.0 cm³/mol. The number of hydrogen-bond acceptors (Lipinski definition) is 4. The molecule has 0 aromatic carbocycles. The highest BCUT2D eigenvalue weighted by Gasteiger charge is 2.29. The highest BCUT2D eigenvalue weighted by atomic mass is 16.5. The Morgan fingerprint density at radius 3 is 2.69 bits per heavy atom. The van der Waals surface area contributed by atoms with E-state index in [-0.39, 0.29) is 11.9 Å². The van der Waals surface area contributed by atoms with Crippen molar-refractivity contribution in [3.8, 4) is 0 Å². The molecule has 0 bridgehead atoms. The Balaban J connectivity index is 2.44. The molecule has 1 saturated heterocycles. The van der Waals surface area contributed by atoms with Crippen LogP contribution in [0.3, 0.4) is 0 Å². The lowest BCUT2D eigenvalue weighted by Crippen LogP contribution is -2.30. The summed E-state index contributed by atoms with van der Waals surface area (Å²) in [6, 6.07) is 0. The van der Waals surface area contributed by atoms with E-state index in [1.54, 1.807) is 0 Å².